The summed E-state index contributed by atoms with van der Waals surface area (Å²) in [6.45, 7) is 5.96. The van der Waals surface area contributed by atoms with Crippen LogP contribution in [0.25, 0.3) is 0 Å². The summed E-state index contributed by atoms with van der Waals surface area (Å²) in [4.78, 5) is 14.5. The standard InChI is InChI=1S/C11H18N2O2/c1-7-8(12)4-11(2,3)5-9(7)13-6-10(14)15/h4-6,12H2,1-3H3,(H,14,15). The number of carboxylic acids is 1. The lowest BCUT2D eigenvalue weighted by atomic mass is 9.76. The molecule has 0 bridgehead atoms. The van der Waals surface area contributed by atoms with E-state index in [1.165, 1.54) is 0 Å². The molecule has 0 aromatic heterocycles. The van der Waals surface area contributed by atoms with E-state index in [0.29, 0.717) is 0 Å². The molecular weight excluding hydrogens is 192 g/mol. The van der Waals surface area contributed by atoms with Gasteiger partial charge in [-0.2, -0.15) is 0 Å². The third-order valence-electron chi connectivity index (χ3n) is 2.63. The van der Waals surface area contributed by atoms with Crippen LogP contribution in [0.4, 0.5) is 0 Å². The highest BCUT2D eigenvalue weighted by atomic mass is 16.4. The molecule has 0 atom stereocenters. The molecule has 0 unspecified atom stereocenters. The highest BCUT2D eigenvalue weighted by molar-refractivity contribution is 6.02. The molecule has 0 heterocycles. The van der Waals surface area contributed by atoms with Crippen LogP contribution in [-0.2, 0) is 4.79 Å². The van der Waals surface area contributed by atoms with E-state index in [4.69, 9.17) is 10.8 Å². The van der Waals surface area contributed by atoms with Crippen molar-refractivity contribution in [3.63, 3.8) is 0 Å². The zero-order valence-corrected chi connectivity index (χ0v) is 9.50. The molecule has 4 heteroatoms. The number of aliphatic imine (C=N–C) groups is 1. The van der Waals surface area contributed by atoms with Crippen LogP contribution in [-0.4, -0.2) is 23.3 Å². The first-order valence-corrected chi connectivity index (χ1v) is 5.02. The predicted octanol–water partition coefficient (Wildman–Crippen LogP) is 1.56. The van der Waals surface area contributed by atoms with E-state index in [-0.39, 0.29) is 12.0 Å². The summed E-state index contributed by atoms with van der Waals surface area (Å²) in [6, 6.07) is 0. The van der Waals surface area contributed by atoms with Crippen LogP contribution in [0.15, 0.2) is 16.3 Å². The zero-order chi connectivity index (χ0) is 11.6. The van der Waals surface area contributed by atoms with Gasteiger partial charge in [-0.15, -0.1) is 0 Å². The van der Waals surface area contributed by atoms with Crippen LogP contribution in [0, 0.1) is 5.41 Å². The maximum absolute atomic E-state index is 10.4. The fourth-order valence-corrected chi connectivity index (χ4v) is 1.82. The molecule has 0 radical (unpaired) electrons. The molecule has 0 fully saturated rings. The van der Waals surface area contributed by atoms with Gasteiger partial charge in [-0.05, 0) is 30.8 Å². The number of hydrogen-bond acceptors (Lipinski definition) is 3. The second-order valence-corrected chi connectivity index (χ2v) is 4.82. The van der Waals surface area contributed by atoms with E-state index in [9.17, 15) is 4.79 Å². The Hall–Kier alpha value is -1.32. The van der Waals surface area contributed by atoms with E-state index in [1.807, 2.05) is 6.92 Å². The monoisotopic (exact) mass is 210 g/mol. The lowest BCUT2D eigenvalue weighted by molar-refractivity contribution is -0.135. The normalized spacial score (nSPS) is 23.3. The van der Waals surface area contributed by atoms with Crippen LogP contribution in [0.5, 0.6) is 0 Å². The fraction of sp³-hybridized carbons (Fsp3) is 0.636. The minimum Gasteiger partial charge on any atom is -0.480 e. The number of carbonyl (C=O) groups is 1. The summed E-state index contributed by atoms with van der Waals surface area (Å²) in [5, 5.41) is 8.57. The Labute approximate surface area is 89.9 Å². The van der Waals surface area contributed by atoms with Crippen LogP contribution >= 0.6 is 0 Å². The van der Waals surface area contributed by atoms with Gasteiger partial charge in [-0.1, -0.05) is 13.8 Å². The Balaban J connectivity index is 2.93. The van der Waals surface area contributed by atoms with Crippen molar-refractivity contribution < 1.29 is 9.90 Å². The van der Waals surface area contributed by atoms with Crippen molar-refractivity contribution in [2.24, 2.45) is 16.1 Å². The summed E-state index contributed by atoms with van der Waals surface area (Å²) >= 11 is 0. The molecule has 0 spiro atoms. The van der Waals surface area contributed by atoms with Crippen molar-refractivity contribution in [1.29, 1.82) is 0 Å². The smallest absolute Gasteiger partial charge is 0.325 e. The largest absolute Gasteiger partial charge is 0.480 e. The Morgan fingerprint density at radius 2 is 2.13 bits per heavy atom. The topological polar surface area (TPSA) is 75.7 Å². The average Bonchev–Trinajstić information content (AvgIpc) is 2.08. The third-order valence-corrected chi connectivity index (χ3v) is 2.63. The minimum absolute atomic E-state index is 0.0843. The maximum atomic E-state index is 10.4. The van der Waals surface area contributed by atoms with Gasteiger partial charge < -0.3 is 10.8 Å². The van der Waals surface area contributed by atoms with E-state index in [0.717, 1.165) is 29.8 Å². The third kappa shape index (κ3) is 3.08. The van der Waals surface area contributed by atoms with Crippen molar-refractivity contribution in [2.45, 2.75) is 33.6 Å². The number of rotatable bonds is 2. The van der Waals surface area contributed by atoms with E-state index >= 15 is 0 Å². The van der Waals surface area contributed by atoms with Gasteiger partial charge in [0.05, 0.1) is 0 Å². The van der Waals surface area contributed by atoms with Gasteiger partial charge >= 0.3 is 5.97 Å². The molecule has 15 heavy (non-hydrogen) atoms. The summed E-state index contributed by atoms with van der Waals surface area (Å²) < 4.78 is 0. The lowest BCUT2D eigenvalue weighted by Crippen LogP contribution is -2.28. The minimum atomic E-state index is -0.905. The molecule has 84 valence electrons. The van der Waals surface area contributed by atoms with Crippen molar-refractivity contribution in [3.8, 4) is 0 Å². The Kier molecular flexibility index (Phi) is 3.17. The molecule has 1 rings (SSSR count). The SMILES string of the molecule is CC1=C(N)CC(C)(C)CC1=NCC(=O)O. The van der Waals surface area contributed by atoms with Crippen molar-refractivity contribution in [2.75, 3.05) is 6.54 Å². The lowest BCUT2D eigenvalue weighted by Gasteiger charge is -2.31. The number of allylic oxidation sites excluding steroid dienone is 2. The van der Waals surface area contributed by atoms with Crippen LogP contribution in [0.2, 0.25) is 0 Å². The molecule has 0 amide bonds. The van der Waals surface area contributed by atoms with Crippen LogP contribution in [0.3, 0.4) is 0 Å². The van der Waals surface area contributed by atoms with Crippen LogP contribution in [0.1, 0.15) is 33.6 Å². The average molecular weight is 210 g/mol. The molecule has 1 aliphatic carbocycles. The summed E-state index contributed by atoms with van der Waals surface area (Å²) in [6.07, 6.45) is 1.65. The van der Waals surface area contributed by atoms with Crippen molar-refractivity contribution in [1.82, 2.24) is 0 Å². The number of nitrogens with two attached hydrogens (primary N) is 1. The molecular formula is C11H18N2O2. The highest BCUT2D eigenvalue weighted by Crippen LogP contribution is 2.35. The van der Waals surface area contributed by atoms with Gasteiger partial charge in [0, 0.05) is 11.4 Å². The molecule has 3 N–H and O–H groups in total. The molecule has 0 saturated heterocycles. The number of aliphatic carboxylic acids is 1. The van der Waals surface area contributed by atoms with Gasteiger partial charge in [0.15, 0.2) is 0 Å². The molecule has 0 saturated carbocycles. The van der Waals surface area contributed by atoms with Gasteiger partial charge in [0.2, 0.25) is 0 Å². The van der Waals surface area contributed by atoms with Gasteiger partial charge in [0.1, 0.15) is 6.54 Å². The molecule has 0 aromatic rings. The van der Waals surface area contributed by atoms with E-state index < -0.39 is 5.97 Å². The summed E-state index contributed by atoms with van der Waals surface area (Å²) in [7, 11) is 0. The molecule has 0 aliphatic heterocycles. The van der Waals surface area contributed by atoms with Gasteiger partial charge in [-0.3, -0.25) is 9.79 Å². The number of carboxylic acid groups (broad SMARTS) is 1. The number of hydrogen-bond donors (Lipinski definition) is 2. The number of nitrogens with zero attached hydrogens (tertiary/aromatic N) is 1. The van der Waals surface area contributed by atoms with Crippen LogP contribution < -0.4 is 5.73 Å². The quantitative estimate of drug-likeness (QED) is 0.726. The van der Waals surface area contributed by atoms with Gasteiger partial charge in [-0.25, -0.2) is 0 Å². The predicted molar refractivity (Wildman–Crippen MR) is 59.8 cm³/mol. The summed E-state index contributed by atoms with van der Waals surface area (Å²) in [5.41, 5.74) is 8.61. The van der Waals surface area contributed by atoms with Crippen molar-refractivity contribution >= 4 is 11.7 Å². The first kappa shape index (κ1) is 11.8. The zero-order valence-electron chi connectivity index (χ0n) is 9.50. The Morgan fingerprint density at radius 1 is 1.53 bits per heavy atom. The van der Waals surface area contributed by atoms with Crippen molar-refractivity contribution in [3.05, 3.63) is 11.3 Å². The van der Waals surface area contributed by atoms with E-state index in [2.05, 4.69) is 18.8 Å². The second-order valence-electron chi connectivity index (χ2n) is 4.82. The maximum Gasteiger partial charge on any atom is 0.325 e. The molecule has 0 aromatic carbocycles. The second kappa shape index (κ2) is 4.04. The Morgan fingerprint density at radius 3 is 2.67 bits per heavy atom. The Bertz CT molecular complexity index is 340. The first-order chi connectivity index (χ1) is 6.82. The van der Waals surface area contributed by atoms with E-state index in [1.54, 1.807) is 0 Å². The van der Waals surface area contributed by atoms with Gasteiger partial charge in [0.25, 0.3) is 0 Å². The fourth-order valence-electron chi connectivity index (χ4n) is 1.82. The first-order valence-electron chi connectivity index (χ1n) is 5.02. The molecule has 4 nitrogen and oxygen atoms in total. The summed E-state index contributed by atoms with van der Waals surface area (Å²) in [5.74, 6) is -0.905. The highest BCUT2D eigenvalue weighted by Gasteiger charge is 2.28. The molecule has 1 aliphatic rings.